The summed E-state index contributed by atoms with van der Waals surface area (Å²) < 4.78 is 22.4. The summed E-state index contributed by atoms with van der Waals surface area (Å²) in [6.45, 7) is 2.09. The van der Waals surface area contributed by atoms with E-state index in [4.69, 9.17) is 5.14 Å². The molecule has 0 fully saturated rings. The quantitative estimate of drug-likeness (QED) is 0.578. The molecule has 4 N–H and O–H groups in total. The third kappa shape index (κ3) is 6.97. The molecular weight excluding hydrogens is 366 g/mol. The number of sulfonamides is 1. The van der Waals surface area contributed by atoms with Crippen molar-refractivity contribution in [3.8, 4) is 0 Å². The normalized spacial score (nSPS) is 11.4. The summed E-state index contributed by atoms with van der Waals surface area (Å²) in [5, 5.41) is 11.1. The number of carbonyl (C=O) groups is 1. The summed E-state index contributed by atoms with van der Waals surface area (Å²) in [7, 11) is 0.306. The van der Waals surface area contributed by atoms with E-state index in [9.17, 15) is 13.2 Å². The van der Waals surface area contributed by atoms with Gasteiger partial charge in [-0.2, -0.15) is 0 Å². The van der Waals surface area contributed by atoms with Gasteiger partial charge in [-0.25, -0.2) is 18.5 Å². The molecule has 0 aliphatic rings. The standard InChI is InChI=1S/C18H25N5O3S/c1-23(2)12-11-20-17-8-5-15(13-22-17)18(24)21-10-9-14-3-6-16(7-4-14)27(19,25)26/h3-8,13H,9-12H2,1-2H3,(H,20,22)(H,21,24)(H2,19,25,26). The molecule has 1 heterocycles. The minimum Gasteiger partial charge on any atom is -0.369 e. The molecule has 0 spiro atoms. The number of nitrogens with two attached hydrogens (primary N) is 1. The summed E-state index contributed by atoms with van der Waals surface area (Å²) in [4.78, 5) is 18.5. The number of hydrogen-bond acceptors (Lipinski definition) is 6. The molecule has 2 aromatic rings. The molecule has 146 valence electrons. The Kier molecular flexibility index (Phi) is 7.28. The van der Waals surface area contributed by atoms with E-state index in [1.807, 2.05) is 14.1 Å². The monoisotopic (exact) mass is 391 g/mol. The number of benzene rings is 1. The van der Waals surface area contributed by atoms with E-state index in [0.29, 0.717) is 18.5 Å². The van der Waals surface area contributed by atoms with Gasteiger partial charge in [0.15, 0.2) is 0 Å². The first-order valence-electron chi connectivity index (χ1n) is 8.50. The first-order valence-corrected chi connectivity index (χ1v) is 10.0. The van der Waals surface area contributed by atoms with Gasteiger partial charge in [-0.1, -0.05) is 12.1 Å². The van der Waals surface area contributed by atoms with Crippen molar-refractivity contribution in [2.75, 3.05) is 39.0 Å². The predicted molar refractivity (Wildman–Crippen MR) is 105 cm³/mol. The van der Waals surface area contributed by atoms with Crippen LogP contribution in [0.15, 0.2) is 47.5 Å². The Bertz CT molecular complexity index is 850. The first kappa shape index (κ1) is 20.8. The van der Waals surface area contributed by atoms with Crippen LogP contribution in [-0.4, -0.2) is 57.9 Å². The van der Waals surface area contributed by atoms with Crippen LogP contribution in [0.1, 0.15) is 15.9 Å². The molecule has 0 radical (unpaired) electrons. The van der Waals surface area contributed by atoms with Gasteiger partial charge in [0.05, 0.1) is 10.5 Å². The highest BCUT2D eigenvalue weighted by Crippen LogP contribution is 2.09. The van der Waals surface area contributed by atoms with Gasteiger partial charge in [-0.05, 0) is 50.3 Å². The van der Waals surface area contributed by atoms with Crippen molar-refractivity contribution in [3.63, 3.8) is 0 Å². The summed E-state index contributed by atoms with van der Waals surface area (Å²) in [6, 6.07) is 9.78. The van der Waals surface area contributed by atoms with Crippen LogP contribution < -0.4 is 15.8 Å². The van der Waals surface area contributed by atoms with Crippen molar-refractivity contribution >= 4 is 21.7 Å². The van der Waals surface area contributed by atoms with Gasteiger partial charge in [0.25, 0.3) is 5.91 Å². The molecule has 0 atom stereocenters. The highest BCUT2D eigenvalue weighted by atomic mass is 32.2. The molecular formula is C18H25N5O3S. The second-order valence-corrected chi connectivity index (χ2v) is 7.92. The van der Waals surface area contributed by atoms with E-state index in [1.165, 1.54) is 18.3 Å². The van der Waals surface area contributed by atoms with Crippen molar-refractivity contribution < 1.29 is 13.2 Å². The van der Waals surface area contributed by atoms with Crippen LogP contribution in [0.3, 0.4) is 0 Å². The molecule has 1 amide bonds. The lowest BCUT2D eigenvalue weighted by molar-refractivity contribution is 0.0954. The molecule has 9 heteroatoms. The van der Waals surface area contributed by atoms with Gasteiger partial charge >= 0.3 is 0 Å². The molecule has 0 bridgehead atoms. The summed E-state index contributed by atoms with van der Waals surface area (Å²) in [5.74, 6) is 0.520. The van der Waals surface area contributed by atoms with Gasteiger partial charge in [-0.15, -0.1) is 0 Å². The number of aromatic nitrogens is 1. The molecule has 0 saturated carbocycles. The Morgan fingerprint density at radius 2 is 1.81 bits per heavy atom. The molecule has 0 saturated heterocycles. The fourth-order valence-corrected chi connectivity index (χ4v) is 2.82. The highest BCUT2D eigenvalue weighted by Gasteiger charge is 2.08. The van der Waals surface area contributed by atoms with E-state index in [2.05, 4.69) is 20.5 Å². The smallest absolute Gasteiger partial charge is 0.252 e. The Labute approximate surface area is 159 Å². The van der Waals surface area contributed by atoms with Crippen molar-refractivity contribution in [1.29, 1.82) is 0 Å². The van der Waals surface area contributed by atoms with Gasteiger partial charge in [0.2, 0.25) is 10.0 Å². The number of nitrogens with one attached hydrogen (secondary N) is 2. The number of amides is 1. The number of likely N-dealkylation sites (N-methyl/N-ethyl adjacent to an activating group) is 1. The maximum atomic E-state index is 12.2. The topological polar surface area (TPSA) is 117 Å². The number of carbonyl (C=O) groups excluding carboxylic acids is 1. The highest BCUT2D eigenvalue weighted by molar-refractivity contribution is 7.89. The number of hydrogen-bond donors (Lipinski definition) is 3. The fraction of sp³-hybridized carbons (Fsp3) is 0.333. The summed E-state index contributed by atoms with van der Waals surface area (Å²) in [6.07, 6.45) is 2.11. The zero-order valence-corrected chi connectivity index (χ0v) is 16.3. The van der Waals surface area contributed by atoms with Crippen LogP contribution in [0.25, 0.3) is 0 Å². The van der Waals surface area contributed by atoms with Crippen molar-refractivity contribution in [1.82, 2.24) is 15.2 Å². The Morgan fingerprint density at radius 1 is 1.11 bits per heavy atom. The van der Waals surface area contributed by atoms with Crippen LogP contribution >= 0.6 is 0 Å². The Hall–Kier alpha value is -2.49. The van der Waals surface area contributed by atoms with E-state index in [0.717, 1.165) is 24.5 Å². The Balaban J connectivity index is 1.80. The Morgan fingerprint density at radius 3 is 2.37 bits per heavy atom. The molecule has 8 nitrogen and oxygen atoms in total. The largest absolute Gasteiger partial charge is 0.369 e. The number of primary sulfonamides is 1. The maximum absolute atomic E-state index is 12.2. The molecule has 0 unspecified atom stereocenters. The average Bonchev–Trinajstić information content (AvgIpc) is 2.61. The van der Waals surface area contributed by atoms with Gasteiger partial charge < -0.3 is 15.5 Å². The van der Waals surface area contributed by atoms with Crippen LogP contribution in [0.2, 0.25) is 0 Å². The van der Waals surface area contributed by atoms with E-state index in [1.54, 1.807) is 24.3 Å². The van der Waals surface area contributed by atoms with Crippen LogP contribution in [0.5, 0.6) is 0 Å². The number of rotatable bonds is 9. The predicted octanol–water partition coefficient (Wildman–Crippen LogP) is 0.675. The SMILES string of the molecule is CN(C)CCNc1ccc(C(=O)NCCc2ccc(S(N)(=O)=O)cc2)cn1. The molecule has 1 aromatic heterocycles. The second-order valence-electron chi connectivity index (χ2n) is 6.36. The van der Waals surface area contributed by atoms with Crippen molar-refractivity contribution in [3.05, 3.63) is 53.7 Å². The number of anilines is 1. The van der Waals surface area contributed by atoms with Gasteiger partial charge in [0, 0.05) is 25.8 Å². The molecule has 27 heavy (non-hydrogen) atoms. The molecule has 1 aromatic carbocycles. The summed E-state index contributed by atoms with van der Waals surface area (Å²) in [5.41, 5.74) is 1.39. The van der Waals surface area contributed by atoms with Gasteiger partial charge in [0.1, 0.15) is 5.82 Å². The molecule has 0 aliphatic carbocycles. The maximum Gasteiger partial charge on any atom is 0.252 e. The summed E-state index contributed by atoms with van der Waals surface area (Å²) >= 11 is 0. The second kappa shape index (κ2) is 9.45. The van der Waals surface area contributed by atoms with E-state index >= 15 is 0 Å². The third-order valence-electron chi connectivity index (χ3n) is 3.84. The van der Waals surface area contributed by atoms with Crippen LogP contribution in [0, 0.1) is 0 Å². The minimum atomic E-state index is -3.69. The fourth-order valence-electron chi connectivity index (χ4n) is 2.31. The zero-order valence-electron chi connectivity index (χ0n) is 15.5. The van der Waals surface area contributed by atoms with Crippen molar-refractivity contribution in [2.45, 2.75) is 11.3 Å². The lowest BCUT2D eigenvalue weighted by Crippen LogP contribution is -2.26. The minimum absolute atomic E-state index is 0.0700. The first-order chi connectivity index (χ1) is 12.8. The lowest BCUT2D eigenvalue weighted by atomic mass is 10.1. The van der Waals surface area contributed by atoms with Gasteiger partial charge in [-0.3, -0.25) is 4.79 Å². The molecule has 0 aliphatic heterocycles. The lowest BCUT2D eigenvalue weighted by Gasteiger charge is -2.11. The van der Waals surface area contributed by atoms with Crippen molar-refractivity contribution in [2.24, 2.45) is 5.14 Å². The van der Waals surface area contributed by atoms with E-state index < -0.39 is 10.0 Å². The zero-order chi connectivity index (χ0) is 19.9. The van der Waals surface area contributed by atoms with E-state index in [-0.39, 0.29) is 10.8 Å². The molecule has 2 rings (SSSR count). The number of pyridine rings is 1. The third-order valence-corrected chi connectivity index (χ3v) is 4.77. The van der Waals surface area contributed by atoms with Crippen LogP contribution in [-0.2, 0) is 16.4 Å². The number of nitrogens with zero attached hydrogens (tertiary/aromatic N) is 2. The van der Waals surface area contributed by atoms with Crippen LogP contribution in [0.4, 0.5) is 5.82 Å². The average molecular weight is 391 g/mol.